The molecular formula is C16H6Ca3O14S2. The van der Waals surface area contributed by atoms with Gasteiger partial charge in [-0.05, 0) is 58.7 Å². The molecule has 0 unspecified atom stereocenters. The zero-order chi connectivity index (χ0) is 25.0. The summed E-state index contributed by atoms with van der Waals surface area (Å²) < 4.78 is 63.6. The van der Waals surface area contributed by atoms with E-state index < -0.39 is 76.2 Å². The number of hydrogen-bond donors (Lipinski definition) is 0. The molecule has 0 aliphatic heterocycles. The summed E-state index contributed by atoms with van der Waals surface area (Å²) in [7, 11) is -9.89. The molecule has 172 valence electrons. The van der Waals surface area contributed by atoms with Gasteiger partial charge in [-0.3, -0.25) is 0 Å². The van der Waals surface area contributed by atoms with Crippen molar-refractivity contribution in [1.29, 1.82) is 0 Å². The molecule has 0 aliphatic carbocycles. The van der Waals surface area contributed by atoms with E-state index in [-0.39, 0.29) is 113 Å². The van der Waals surface area contributed by atoms with Gasteiger partial charge in [0, 0.05) is 0 Å². The van der Waals surface area contributed by atoms with Crippen LogP contribution >= 0.6 is 0 Å². The molecule has 0 bridgehead atoms. The zero-order valence-electron chi connectivity index (χ0n) is 17.1. The second-order valence-corrected chi connectivity index (χ2v) is 8.31. The third-order valence-electron chi connectivity index (χ3n) is 3.33. The van der Waals surface area contributed by atoms with Gasteiger partial charge in [-0.25, -0.2) is 16.8 Å². The average molecular weight is 607 g/mol. The van der Waals surface area contributed by atoms with Gasteiger partial charge in [0.1, 0.15) is 20.2 Å². The van der Waals surface area contributed by atoms with E-state index in [1.807, 2.05) is 0 Å². The second kappa shape index (κ2) is 16.0. The van der Waals surface area contributed by atoms with Crippen molar-refractivity contribution in [1.82, 2.24) is 0 Å². The number of carbonyl (C=O) groups excluding carboxylic acids is 4. The van der Waals surface area contributed by atoms with Crippen molar-refractivity contribution in [3.05, 3.63) is 58.7 Å². The number of hydrogen-bond acceptors (Lipinski definition) is 14. The zero-order valence-corrected chi connectivity index (χ0v) is 25.4. The standard InChI is InChI=1S/2C8H6O7S.3Ca/c2*9-7(10)4-1-5(8(11)12)3-6(2-4)16(13,14)15;;;/h2*1-3H,(H,9,10)(H,11,12)(H,13,14,15);;;/q;;3*+2/p-6. The molecule has 2 aromatic rings. The van der Waals surface area contributed by atoms with E-state index >= 15 is 0 Å². The van der Waals surface area contributed by atoms with Gasteiger partial charge < -0.3 is 48.7 Å². The van der Waals surface area contributed by atoms with Gasteiger partial charge in [-0.1, -0.05) is 0 Å². The molecule has 0 N–H and O–H groups in total. The summed E-state index contributed by atoms with van der Waals surface area (Å²) in [6.45, 7) is 0. The topological polar surface area (TPSA) is 275 Å². The van der Waals surface area contributed by atoms with E-state index in [1.54, 1.807) is 0 Å². The fourth-order valence-electron chi connectivity index (χ4n) is 1.96. The molecule has 2 rings (SSSR count). The predicted octanol–water partition coefficient (Wildman–Crippen LogP) is -6.51. The molecule has 0 heterocycles. The first kappa shape index (κ1) is 39.4. The molecule has 35 heavy (non-hydrogen) atoms. The average Bonchev–Trinajstić information content (AvgIpc) is 2.66. The minimum absolute atomic E-state index is 0. The summed E-state index contributed by atoms with van der Waals surface area (Å²) in [5.74, 6) is -7.19. The maximum absolute atomic E-state index is 10.6. The molecule has 0 aromatic heterocycles. The van der Waals surface area contributed by atoms with E-state index in [1.165, 1.54) is 0 Å². The maximum atomic E-state index is 10.6. The number of carboxylic acid groups (broad SMARTS) is 4. The molecule has 2 aromatic carbocycles. The first-order chi connectivity index (χ1) is 14.4. The molecule has 0 atom stereocenters. The van der Waals surface area contributed by atoms with Crippen LogP contribution in [0.4, 0.5) is 0 Å². The molecule has 0 fully saturated rings. The predicted molar refractivity (Wildman–Crippen MR) is 103 cm³/mol. The van der Waals surface area contributed by atoms with Gasteiger partial charge in [0.25, 0.3) is 0 Å². The van der Waals surface area contributed by atoms with Crippen LogP contribution in [0.5, 0.6) is 0 Å². The summed E-state index contributed by atoms with van der Waals surface area (Å²) >= 11 is 0. The van der Waals surface area contributed by atoms with Crippen LogP contribution < -0.4 is 20.4 Å². The summed E-state index contributed by atoms with van der Waals surface area (Å²) in [6, 6.07) is 3.35. The smallest absolute Gasteiger partial charge is 0.744 e. The van der Waals surface area contributed by atoms with Crippen molar-refractivity contribution in [2.45, 2.75) is 9.79 Å². The number of carboxylic acids is 4. The monoisotopic (exact) mass is 606 g/mol. The normalized spacial score (nSPS) is 10.1. The van der Waals surface area contributed by atoms with Crippen molar-refractivity contribution in [2.75, 3.05) is 0 Å². The van der Waals surface area contributed by atoms with Crippen LogP contribution in [-0.4, -0.2) is 163 Å². The van der Waals surface area contributed by atoms with Crippen LogP contribution in [0.25, 0.3) is 0 Å². The van der Waals surface area contributed by atoms with Gasteiger partial charge in [0.2, 0.25) is 0 Å². The van der Waals surface area contributed by atoms with Gasteiger partial charge in [0.15, 0.2) is 0 Å². The Hall–Kier alpha value is -0.0808. The summed E-state index contributed by atoms with van der Waals surface area (Å²) in [5.41, 5.74) is -2.90. The third kappa shape index (κ3) is 12.8. The van der Waals surface area contributed by atoms with Gasteiger partial charge in [-0.2, -0.15) is 0 Å². The van der Waals surface area contributed by atoms with Gasteiger partial charge >= 0.3 is 113 Å². The molecular weight excluding hydrogens is 601 g/mol. The molecule has 0 saturated carbocycles. The summed E-state index contributed by atoms with van der Waals surface area (Å²) in [5, 5.41) is 41.7. The van der Waals surface area contributed by atoms with Gasteiger partial charge in [-0.15, -0.1) is 0 Å². The Morgan fingerprint density at radius 2 is 0.629 bits per heavy atom. The van der Waals surface area contributed by atoms with Crippen LogP contribution in [0.1, 0.15) is 41.4 Å². The Labute approximate surface area is 286 Å². The number of rotatable bonds is 6. The van der Waals surface area contributed by atoms with Crippen LogP contribution in [0, 0.1) is 0 Å². The van der Waals surface area contributed by atoms with E-state index in [9.17, 15) is 65.5 Å². The summed E-state index contributed by atoms with van der Waals surface area (Å²) in [4.78, 5) is 39.8. The fourth-order valence-corrected chi connectivity index (χ4v) is 3.04. The molecule has 0 amide bonds. The van der Waals surface area contributed by atoms with E-state index in [0.717, 1.165) is 0 Å². The van der Waals surface area contributed by atoms with Crippen molar-refractivity contribution in [3.63, 3.8) is 0 Å². The van der Waals surface area contributed by atoms with Crippen molar-refractivity contribution in [3.8, 4) is 0 Å². The van der Waals surface area contributed by atoms with Crippen LogP contribution in [0.3, 0.4) is 0 Å². The van der Waals surface area contributed by atoms with Crippen molar-refractivity contribution >= 4 is 157 Å². The van der Waals surface area contributed by atoms with E-state index in [2.05, 4.69) is 0 Å². The first-order valence-electron chi connectivity index (χ1n) is 7.51. The van der Waals surface area contributed by atoms with E-state index in [0.29, 0.717) is 36.4 Å². The SMILES string of the molecule is O=C([O-])c1cc(C(=O)[O-])cc(S(=O)(=O)[O-])c1.O=C([O-])c1cc(C(=O)[O-])cc(S(=O)(=O)[O-])c1.[Ca+2].[Ca+2].[Ca+2]. The molecule has 0 spiro atoms. The van der Waals surface area contributed by atoms with Crippen LogP contribution in [0.2, 0.25) is 0 Å². The Morgan fingerprint density at radius 1 is 0.457 bits per heavy atom. The van der Waals surface area contributed by atoms with Gasteiger partial charge in [0.05, 0.1) is 33.7 Å². The second-order valence-electron chi connectivity index (χ2n) is 5.55. The first-order valence-corrected chi connectivity index (χ1v) is 10.3. The minimum atomic E-state index is -4.95. The minimum Gasteiger partial charge on any atom is -0.744 e. The molecule has 19 heteroatoms. The molecule has 0 aliphatic rings. The number of aromatic carboxylic acids is 4. The van der Waals surface area contributed by atoms with Crippen molar-refractivity contribution < 1.29 is 65.5 Å². The molecule has 0 saturated heterocycles. The van der Waals surface area contributed by atoms with Crippen molar-refractivity contribution in [2.24, 2.45) is 0 Å². The van der Waals surface area contributed by atoms with E-state index in [4.69, 9.17) is 0 Å². The Morgan fingerprint density at radius 3 is 0.743 bits per heavy atom. The molecule has 0 radical (unpaired) electrons. The summed E-state index contributed by atoms with van der Waals surface area (Å²) in [6.07, 6.45) is 0. The Bertz CT molecular complexity index is 1170. The Balaban J connectivity index is -0.000000539. The largest absolute Gasteiger partial charge is 2.00 e. The quantitative estimate of drug-likeness (QED) is 0.218. The number of benzene rings is 2. The third-order valence-corrected chi connectivity index (χ3v) is 4.96. The molecule has 14 nitrogen and oxygen atoms in total. The number of carbonyl (C=O) groups is 4. The van der Waals surface area contributed by atoms with Crippen LogP contribution in [-0.2, 0) is 20.2 Å². The van der Waals surface area contributed by atoms with Crippen LogP contribution in [0.15, 0.2) is 46.2 Å². The maximum Gasteiger partial charge on any atom is 2.00 e. The Kier molecular flexibility index (Phi) is 18.0. The fraction of sp³-hybridized carbons (Fsp3) is 0.